The van der Waals surface area contributed by atoms with Crippen LogP contribution in [0.2, 0.25) is 0 Å². The Balaban J connectivity index is 1.95. The predicted octanol–water partition coefficient (Wildman–Crippen LogP) is -1.79. The van der Waals surface area contributed by atoms with Gasteiger partial charge in [-0.2, -0.15) is 4.98 Å². The Morgan fingerprint density at radius 2 is 2.15 bits per heavy atom. The highest BCUT2D eigenvalue weighted by Crippen LogP contribution is 2.42. The first-order chi connectivity index (χ1) is 12.1. The number of fused-ring (bicyclic) bond motifs is 1. The second-order valence-corrected chi connectivity index (χ2v) is 6.98. The Hall–Kier alpha value is -1.86. The first-order valence-corrected chi connectivity index (χ1v) is 9.13. The summed E-state index contributed by atoms with van der Waals surface area (Å²) in [5, 5.41) is 20.6. The third kappa shape index (κ3) is 3.38. The van der Waals surface area contributed by atoms with Gasteiger partial charge in [0, 0.05) is 0 Å². The lowest BCUT2D eigenvalue weighted by Gasteiger charge is -2.24. The summed E-state index contributed by atoms with van der Waals surface area (Å²) in [5.74, 6) is -0.176. The van der Waals surface area contributed by atoms with Gasteiger partial charge in [0.15, 0.2) is 17.4 Å². The second kappa shape index (κ2) is 6.70. The van der Waals surface area contributed by atoms with E-state index in [1.54, 1.807) is 6.92 Å². The van der Waals surface area contributed by atoms with E-state index in [4.69, 9.17) is 20.3 Å². The number of aromatic nitrogens is 4. The molecule has 7 N–H and O–H groups in total. The smallest absolute Gasteiger partial charge is 0.387 e. The molecular formula is C12H18N5O8P. The molecule has 0 amide bonds. The number of phosphoric ester groups is 1. The summed E-state index contributed by atoms with van der Waals surface area (Å²) in [7, 11) is -4.84. The number of H-pyrrole nitrogens is 1. The van der Waals surface area contributed by atoms with Crippen molar-refractivity contribution < 1.29 is 33.8 Å². The predicted molar refractivity (Wildman–Crippen MR) is 85.7 cm³/mol. The van der Waals surface area contributed by atoms with Crippen molar-refractivity contribution in [2.45, 2.75) is 44.0 Å². The average molecular weight is 391 g/mol. The van der Waals surface area contributed by atoms with E-state index in [9.17, 15) is 19.6 Å². The van der Waals surface area contributed by atoms with E-state index in [1.807, 2.05) is 0 Å². The maximum Gasteiger partial charge on any atom is 0.469 e. The number of nitrogen functional groups attached to an aromatic ring is 1. The lowest BCUT2D eigenvalue weighted by Crippen LogP contribution is -2.39. The van der Waals surface area contributed by atoms with Crippen LogP contribution in [0.1, 0.15) is 19.6 Å². The number of nitrogens with zero attached hydrogens (tertiary/aromatic N) is 3. The summed E-state index contributed by atoms with van der Waals surface area (Å²) in [4.78, 5) is 39.9. The number of ether oxygens (including phenoxy) is 1. The van der Waals surface area contributed by atoms with E-state index in [2.05, 4.69) is 19.5 Å². The highest BCUT2D eigenvalue weighted by molar-refractivity contribution is 7.46. The summed E-state index contributed by atoms with van der Waals surface area (Å²) < 4.78 is 22.5. The van der Waals surface area contributed by atoms with Crippen molar-refractivity contribution in [2.24, 2.45) is 0 Å². The molecule has 2 aromatic rings. The molecule has 3 rings (SSSR count). The number of aromatic amines is 1. The number of phosphoric acid groups is 1. The van der Waals surface area contributed by atoms with E-state index >= 15 is 0 Å². The standard InChI is InChI=1S/C12H18N5O8P/c1-2-4(25-26(21,22)23)8-6(18)7(19)11(24-8)17-3-14-5-9(17)15-12(13)16-10(5)20/h3-4,6-8,11,18-19H,2H2,1H3,(H2,21,22,23)(H3,13,15,16,20)/t4?,6-,7+,8+,11+/m0/s1. The number of imidazole rings is 1. The molecule has 0 spiro atoms. The molecule has 0 bridgehead atoms. The Kier molecular flexibility index (Phi) is 4.88. The Bertz CT molecular complexity index is 909. The largest absolute Gasteiger partial charge is 0.469 e. The van der Waals surface area contributed by atoms with Crippen LogP contribution in [0.5, 0.6) is 0 Å². The van der Waals surface area contributed by atoms with Crippen molar-refractivity contribution in [2.75, 3.05) is 5.73 Å². The number of nitrogens with one attached hydrogen (secondary N) is 1. The van der Waals surface area contributed by atoms with Gasteiger partial charge in [-0.1, -0.05) is 6.92 Å². The number of aliphatic hydroxyl groups is 2. The molecule has 2 aromatic heterocycles. The van der Waals surface area contributed by atoms with Gasteiger partial charge in [-0.25, -0.2) is 9.55 Å². The van der Waals surface area contributed by atoms with Gasteiger partial charge in [0.1, 0.15) is 18.3 Å². The quantitative estimate of drug-likeness (QED) is 0.314. The number of aliphatic hydroxyl groups excluding tert-OH is 2. The first kappa shape index (κ1) is 18.9. The molecule has 3 heterocycles. The van der Waals surface area contributed by atoms with Crippen LogP contribution in [0.15, 0.2) is 11.1 Å². The average Bonchev–Trinajstić information content (AvgIpc) is 3.07. The van der Waals surface area contributed by atoms with Gasteiger partial charge in [0.25, 0.3) is 5.56 Å². The Morgan fingerprint density at radius 1 is 1.46 bits per heavy atom. The molecule has 144 valence electrons. The van der Waals surface area contributed by atoms with Gasteiger partial charge < -0.3 is 30.5 Å². The molecule has 0 saturated carbocycles. The van der Waals surface area contributed by atoms with E-state index < -0.39 is 44.0 Å². The Labute approximate surface area is 145 Å². The maximum atomic E-state index is 11.8. The molecule has 0 radical (unpaired) electrons. The lowest BCUT2D eigenvalue weighted by molar-refractivity contribution is -0.0816. The van der Waals surface area contributed by atoms with Crippen LogP contribution in [0, 0.1) is 0 Å². The monoisotopic (exact) mass is 391 g/mol. The zero-order valence-electron chi connectivity index (χ0n) is 13.5. The van der Waals surface area contributed by atoms with Gasteiger partial charge in [-0.3, -0.25) is 18.9 Å². The number of hydrogen-bond donors (Lipinski definition) is 6. The van der Waals surface area contributed by atoms with Gasteiger partial charge in [-0.05, 0) is 6.42 Å². The third-order valence-corrected chi connectivity index (χ3v) is 4.59. The molecule has 1 aliphatic heterocycles. The summed E-state index contributed by atoms with van der Waals surface area (Å²) >= 11 is 0. The van der Waals surface area contributed by atoms with Crippen molar-refractivity contribution in [3.8, 4) is 0 Å². The normalized spacial score (nSPS) is 27.9. The molecule has 5 atom stereocenters. The van der Waals surface area contributed by atoms with Crippen LogP contribution in [-0.4, -0.2) is 63.9 Å². The minimum absolute atomic E-state index is 0.0205. The summed E-state index contributed by atoms with van der Waals surface area (Å²) in [5.41, 5.74) is 4.89. The zero-order chi connectivity index (χ0) is 19.2. The minimum Gasteiger partial charge on any atom is -0.387 e. The minimum atomic E-state index is -4.84. The van der Waals surface area contributed by atoms with E-state index in [0.29, 0.717) is 0 Å². The number of hydrogen-bond acceptors (Lipinski definition) is 9. The van der Waals surface area contributed by atoms with E-state index in [1.165, 1.54) is 10.9 Å². The molecule has 0 aliphatic carbocycles. The molecule has 1 unspecified atom stereocenters. The SMILES string of the molecule is CCC(OP(=O)(O)O)[C@H]1O[C@@H](n2cnc3c(=O)[nH]c(N)nc32)[C@H](O)[C@@H]1O. The van der Waals surface area contributed by atoms with Crippen LogP contribution in [0.3, 0.4) is 0 Å². The van der Waals surface area contributed by atoms with E-state index in [-0.39, 0.29) is 23.5 Å². The first-order valence-electron chi connectivity index (χ1n) is 7.60. The highest BCUT2D eigenvalue weighted by atomic mass is 31.2. The van der Waals surface area contributed by atoms with Gasteiger partial charge in [-0.15, -0.1) is 0 Å². The molecule has 26 heavy (non-hydrogen) atoms. The Morgan fingerprint density at radius 3 is 2.77 bits per heavy atom. The van der Waals surface area contributed by atoms with Gasteiger partial charge in [0.2, 0.25) is 5.95 Å². The molecule has 13 nitrogen and oxygen atoms in total. The summed E-state index contributed by atoms with van der Waals surface area (Å²) in [6.07, 6.45) is -5.35. The van der Waals surface area contributed by atoms with Crippen molar-refractivity contribution in [1.82, 2.24) is 19.5 Å². The fourth-order valence-corrected chi connectivity index (χ4v) is 3.52. The van der Waals surface area contributed by atoms with Crippen molar-refractivity contribution in [3.63, 3.8) is 0 Å². The van der Waals surface area contributed by atoms with Crippen LogP contribution >= 0.6 is 7.82 Å². The van der Waals surface area contributed by atoms with Crippen LogP contribution < -0.4 is 11.3 Å². The molecule has 1 fully saturated rings. The summed E-state index contributed by atoms with van der Waals surface area (Å²) in [6.45, 7) is 1.57. The number of anilines is 1. The van der Waals surface area contributed by atoms with Crippen molar-refractivity contribution in [1.29, 1.82) is 0 Å². The highest BCUT2D eigenvalue weighted by Gasteiger charge is 2.48. The number of rotatable bonds is 5. The second-order valence-electron chi connectivity index (χ2n) is 5.79. The molecule has 1 saturated heterocycles. The molecule has 14 heteroatoms. The molecule has 0 aromatic carbocycles. The van der Waals surface area contributed by atoms with E-state index in [0.717, 1.165) is 0 Å². The summed E-state index contributed by atoms with van der Waals surface area (Å²) in [6, 6.07) is 0. The van der Waals surface area contributed by atoms with Crippen LogP contribution in [0.25, 0.3) is 11.2 Å². The van der Waals surface area contributed by atoms with Gasteiger partial charge >= 0.3 is 7.82 Å². The third-order valence-electron chi connectivity index (χ3n) is 4.04. The topological polar surface area (TPSA) is 206 Å². The number of nitrogens with two attached hydrogens (primary N) is 1. The maximum absolute atomic E-state index is 11.8. The van der Waals surface area contributed by atoms with Crippen molar-refractivity contribution in [3.05, 3.63) is 16.7 Å². The molecular weight excluding hydrogens is 373 g/mol. The molecule has 1 aliphatic rings. The van der Waals surface area contributed by atoms with Crippen molar-refractivity contribution >= 4 is 24.9 Å². The van der Waals surface area contributed by atoms with Crippen LogP contribution in [-0.2, 0) is 13.8 Å². The fourth-order valence-electron chi connectivity index (χ4n) is 2.90. The zero-order valence-corrected chi connectivity index (χ0v) is 14.4. The van der Waals surface area contributed by atoms with Crippen LogP contribution in [0.4, 0.5) is 5.95 Å². The lowest BCUT2D eigenvalue weighted by atomic mass is 10.0. The van der Waals surface area contributed by atoms with Gasteiger partial charge in [0.05, 0.1) is 12.4 Å². The fraction of sp³-hybridized carbons (Fsp3) is 0.583.